The second-order valence-electron chi connectivity index (χ2n) is 6.82. The molecule has 2 aliphatic heterocycles. The van der Waals surface area contributed by atoms with Crippen LogP contribution in [0.2, 0.25) is 0 Å². The summed E-state index contributed by atoms with van der Waals surface area (Å²) < 4.78 is 11.6. The second-order valence-corrected chi connectivity index (χ2v) is 6.82. The van der Waals surface area contributed by atoms with Gasteiger partial charge >= 0.3 is 0 Å². The van der Waals surface area contributed by atoms with Crippen molar-refractivity contribution in [1.82, 2.24) is 0 Å². The first-order chi connectivity index (χ1) is 7.36. The van der Waals surface area contributed by atoms with Gasteiger partial charge in [0.2, 0.25) is 0 Å². The third-order valence-corrected chi connectivity index (χ3v) is 6.85. The van der Waals surface area contributed by atoms with Crippen LogP contribution < -0.4 is 0 Å². The van der Waals surface area contributed by atoms with E-state index in [0.29, 0.717) is 18.3 Å². The maximum atomic E-state index is 5.92. The van der Waals surface area contributed by atoms with Crippen LogP contribution in [0.5, 0.6) is 0 Å². The molecule has 11 atom stereocenters. The molecule has 6 aliphatic rings. The summed E-state index contributed by atoms with van der Waals surface area (Å²) in [4.78, 5) is 0. The molecular weight excluding hydrogens is 188 g/mol. The van der Waals surface area contributed by atoms with E-state index in [1.807, 2.05) is 0 Å². The average Bonchev–Trinajstić information content (AvgIpc) is 2.75. The fourth-order valence-electron chi connectivity index (χ4n) is 6.34. The van der Waals surface area contributed by atoms with Gasteiger partial charge in [-0.1, -0.05) is 0 Å². The molecule has 2 heterocycles. The summed E-state index contributed by atoms with van der Waals surface area (Å²) in [5, 5.41) is 0. The van der Waals surface area contributed by atoms with Crippen molar-refractivity contribution in [3.63, 3.8) is 0 Å². The molecule has 15 heavy (non-hydrogen) atoms. The summed E-state index contributed by atoms with van der Waals surface area (Å²) in [6.45, 7) is 2.27. The van der Waals surface area contributed by atoms with E-state index in [0.717, 1.165) is 47.5 Å². The van der Waals surface area contributed by atoms with Crippen LogP contribution >= 0.6 is 0 Å². The first-order valence-electron chi connectivity index (χ1n) is 6.67. The molecule has 0 bridgehead atoms. The minimum Gasteiger partial charge on any atom is -0.374 e. The maximum Gasteiger partial charge on any atom is 0.0879 e. The topological polar surface area (TPSA) is 21.8 Å². The number of fused-ring (bicyclic) bond motifs is 12. The highest BCUT2D eigenvalue weighted by Crippen LogP contribution is 2.79. The zero-order valence-electron chi connectivity index (χ0n) is 8.87. The lowest BCUT2D eigenvalue weighted by atomic mass is 9.44. The Morgan fingerprint density at radius 2 is 1.47 bits per heavy atom. The SMILES string of the molecule is CC1OC2C3C4C(CC3[C@@H]12)C1C2O[C@H]2C41. The van der Waals surface area contributed by atoms with Crippen molar-refractivity contribution < 1.29 is 9.47 Å². The van der Waals surface area contributed by atoms with Crippen LogP contribution in [0.1, 0.15) is 13.3 Å². The molecule has 2 nitrogen and oxygen atoms in total. The lowest BCUT2D eigenvalue weighted by Gasteiger charge is -2.64. The molecule has 80 valence electrons. The van der Waals surface area contributed by atoms with E-state index >= 15 is 0 Å². The highest BCUT2D eigenvalue weighted by atomic mass is 16.6. The molecule has 0 aromatic rings. The summed E-state index contributed by atoms with van der Waals surface area (Å²) in [7, 11) is 0. The van der Waals surface area contributed by atoms with Gasteiger partial charge < -0.3 is 9.47 Å². The van der Waals surface area contributed by atoms with Gasteiger partial charge in [-0.05, 0) is 48.9 Å². The molecule has 2 heteroatoms. The summed E-state index contributed by atoms with van der Waals surface area (Å²) in [6, 6.07) is 0. The van der Waals surface area contributed by atoms with E-state index in [1.165, 1.54) is 6.42 Å². The van der Waals surface area contributed by atoms with Gasteiger partial charge in [0.15, 0.2) is 0 Å². The van der Waals surface area contributed by atoms with Crippen LogP contribution in [0.15, 0.2) is 0 Å². The Morgan fingerprint density at radius 3 is 2.33 bits per heavy atom. The van der Waals surface area contributed by atoms with Gasteiger partial charge in [0.1, 0.15) is 0 Å². The molecule has 4 saturated carbocycles. The molecule has 0 N–H and O–H groups in total. The molecular formula is C13H16O2. The Hall–Kier alpha value is -0.0800. The predicted molar refractivity (Wildman–Crippen MR) is 52.0 cm³/mol. The second kappa shape index (κ2) is 1.80. The van der Waals surface area contributed by atoms with Gasteiger partial charge in [-0.2, -0.15) is 0 Å². The summed E-state index contributed by atoms with van der Waals surface area (Å²) in [6.07, 6.45) is 4.23. The smallest absolute Gasteiger partial charge is 0.0879 e. The van der Waals surface area contributed by atoms with Crippen LogP contribution in [-0.2, 0) is 9.47 Å². The molecule has 9 unspecified atom stereocenters. The van der Waals surface area contributed by atoms with Gasteiger partial charge in [0, 0.05) is 5.92 Å². The number of hydrogen-bond donors (Lipinski definition) is 0. The normalized spacial score (nSPS) is 84.2. The molecule has 4 aliphatic carbocycles. The Labute approximate surface area is 89.3 Å². The van der Waals surface area contributed by atoms with Gasteiger partial charge in [-0.25, -0.2) is 0 Å². The lowest BCUT2D eigenvalue weighted by Crippen LogP contribution is -2.69. The van der Waals surface area contributed by atoms with Crippen molar-refractivity contribution in [2.45, 2.75) is 37.8 Å². The fourth-order valence-corrected chi connectivity index (χ4v) is 6.34. The van der Waals surface area contributed by atoms with E-state index < -0.39 is 0 Å². The van der Waals surface area contributed by atoms with E-state index in [9.17, 15) is 0 Å². The number of ether oxygens (including phenoxy) is 2. The average molecular weight is 204 g/mol. The standard InChI is InChI=1S/C13H16O2/c1-3-6-4-2-5-7(8(4)11(6)14-3)10-9(5)12-13(10)15-12/h3-13H,2H2,1H3/t3?,4?,5?,6-,7?,8?,9?,10?,11?,12?,13+/m1/s1. The molecule has 6 fully saturated rings. The minimum absolute atomic E-state index is 0.581. The van der Waals surface area contributed by atoms with Gasteiger partial charge in [0.25, 0.3) is 0 Å². The minimum atomic E-state index is 0.581. The van der Waals surface area contributed by atoms with E-state index in [1.54, 1.807) is 0 Å². The molecule has 0 aromatic carbocycles. The van der Waals surface area contributed by atoms with Crippen LogP contribution in [0.25, 0.3) is 0 Å². The number of rotatable bonds is 0. The Morgan fingerprint density at radius 1 is 0.733 bits per heavy atom. The zero-order valence-corrected chi connectivity index (χ0v) is 8.87. The van der Waals surface area contributed by atoms with Gasteiger partial charge in [0.05, 0.1) is 24.4 Å². The van der Waals surface area contributed by atoms with Crippen LogP contribution in [0.4, 0.5) is 0 Å². The third kappa shape index (κ3) is 0.516. The summed E-state index contributed by atoms with van der Waals surface area (Å²) in [5.74, 6) is 7.03. The van der Waals surface area contributed by atoms with Crippen molar-refractivity contribution in [1.29, 1.82) is 0 Å². The number of hydrogen-bond acceptors (Lipinski definition) is 2. The van der Waals surface area contributed by atoms with Crippen molar-refractivity contribution in [2.75, 3.05) is 0 Å². The van der Waals surface area contributed by atoms with Crippen LogP contribution in [0, 0.1) is 41.4 Å². The zero-order chi connectivity index (χ0) is 9.47. The van der Waals surface area contributed by atoms with Gasteiger partial charge in [-0.15, -0.1) is 0 Å². The summed E-state index contributed by atoms with van der Waals surface area (Å²) in [5.41, 5.74) is 0. The Balaban J connectivity index is 1.38. The monoisotopic (exact) mass is 204 g/mol. The highest BCUT2D eigenvalue weighted by molar-refractivity contribution is 5.29. The van der Waals surface area contributed by atoms with Crippen molar-refractivity contribution in [2.24, 2.45) is 41.4 Å². The van der Waals surface area contributed by atoms with E-state index in [-0.39, 0.29) is 0 Å². The van der Waals surface area contributed by atoms with Crippen LogP contribution in [-0.4, -0.2) is 24.4 Å². The first-order valence-corrected chi connectivity index (χ1v) is 6.67. The third-order valence-electron chi connectivity index (χ3n) is 6.85. The highest BCUT2D eigenvalue weighted by Gasteiger charge is 2.82. The quantitative estimate of drug-likeness (QED) is 0.555. The maximum absolute atomic E-state index is 5.92. The lowest BCUT2D eigenvalue weighted by molar-refractivity contribution is -0.303. The van der Waals surface area contributed by atoms with Crippen molar-refractivity contribution in [3.8, 4) is 0 Å². The van der Waals surface area contributed by atoms with Gasteiger partial charge in [-0.3, -0.25) is 0 Å². The van der Waals surface area contributed by atoms with E-state index in [2.05, 4.69) is 6.92 Å². The molecule has 0 spiro atoms. The first kappa shape index (κ1) is 7.29. The van der Waals surface area contributed by atoms with Crippen molar-refractivity contribution >= 4 is 0 Å². The number of epoxide rings is 1. The van der Waals surface area contributed by atoms with Crippen LogP contribution in [0.3, 0.4) is 0 Å². The predicted octanol–water partition coefficient (Wildman–Crippen LogP) is 1.30. The van der Waals surface area contributed by atoms with E-state index in [4.69, 9.17) is 9.47 Å². The Bertz CT molecular complexity index is 377. The molecule has 0 radical (unpaired) electrons. The molecule has 0 aromatic heterocycles. The largest absolute Gasteiger partial charge is 0.374 e. The summed E-state index contributed by atoms with van der Waals surface area (Å²) >= 11 is 0. The fraction of sp³-hybridized carbons (Fsp3) is 1.00. The molecule has 0 amide bonds. The molecule has 6 rings (SSSR count). The Kier molecular flexibility index (Phi) is 0.875. The molecule has 2 saturated heterocycles. The van der Waals surface area contributed by atoms with Crippen molar-refractivity contribution in [3.05, 3.63) is 0 Å².